The molecule has 1 N–H and O–H groups in total. The van der Waals surface area contributed by atoms with Gasteiger partial charge in [0.25, 0.3) is 0 Å². The van der Waals surface area contributed by atoms with Crippen molar-refractivity contribution in [3.8, 4) is 0 Å². The van der Waals surface area contributed by atoms with Crippen LogP contribution in [0.2, 0.25) is 0 Å². The van der Waals surface area contributed by atoms with Crippen LogP contribution in [-0.4, -0.2) is 36.0 Å². The fourth-order valence-corrected chi connectivity index (χ4v) is 11.8. The maximum absolute atomic E-state index is 11.8. The van der Waals surface area contributed by atoms with Gasteiger partial charge in [-0.1, -0.05) is 0 Å². The van der Waals surface area contributed by atoms with Gasteiger partial charge in [0.1, 0.15) is 0 Å². The predicted molar refractivity (Wildman–Crippen MR) is 132 cm³/mol. The van der Waals surface area contributed by atoms with Crippen LogP contribution < -0.4 is 0 Å². The average molecular weight is 515 g/mol. The second kappa shape index (κ2) is 20.1. The first kappa shape index (κ1) is 30.5. The Balaban J connectivity index is 4.79. The molecule has 0 aromatic heterocycles. The third kappa shape index (κ3) is 19.2. The predicted octanol–water partition coefficient (Wildman–Crippen LogP) is 8.31. The summed E-state index contributed by atoms with van der Waals surface area (Å²) in [6.45, 7) is 6.67. The molecule has 0 radical (unpaired) electrons. The number of hydrogen-bond acceptors (Lipinski definition) is 3. The fourth-order valence-electron chi connectivity index (χ4n) is 4.19. The topological polar surface area (TPSA) is 63.6 Å². The quantitative estimate of drug-likeness (QED) is 0.0846. The van der Waals surface area contributed by atoms with E-state index in [1.807, 2.05) is 0 Å². The van der Waals surface area contributed by atoms with Gasteiger partial charge in [0, 0.05) is 0 Å². The summed E-state index contributed by atoms with van der Waals surface area (Å²) in [6.07, 6.45) is 24.2. The van der Waals surface area contributed by atoms with Crippen LogP contribution in [0.3, 0.4) is 0 Å². The fraction of sp³-hybridized carbons (Fsp3) is 1.00. The Labute approximate surface area is 191 Å². The Bertz CT molecular complexity index is 427. The molecule has 0 saturated carbocycles. The van der Waals surface area contributed by atoms with Gasteiger partial charge in [0.15, 0.2) is 0 Å². The van der Waals surface area contributed by atoms with Gasteiger partial charge >= 0.3 is 191 Å². The minimum absolute atomic E-state index is 0.868. The second-order valence-electron chi connectivity index (χ2n) is 9.03. The number of unbranched alkanes of at least 4 members (excludes halogenated alkanes) is 15. The molecule has 0 unspecified atom stereocenters. The van der Waals surface area contributed by atoms with Crippen molar-refractivity contribution in [3.63, 3.8) is 0 Å². The zero-order chi connectivity index (χ0) is 22.6. The van der Waals surface area contributed by atoms with Crippen LogP contribution in [0.25, 0.3) is 0 Å². The molecule has 0 bridgehead atoms. The number of rotatable bonds is 23. The van der Waals surface area contributed by atoms with Crippen molar-refractivity contribution in [1.82, 2.24) is 0 Å². The molecular formula is C24H52O4PSe+. The van der Waals surface area contributed by atoms with Crippen LogP contribution in [0.15, 0.2) is 0 Å². The monoisotopic (exact) mass is 515 g/mol. The second-order valence-corrected chi connectivity index (χ2v) is 15.4. The molecule has 0 fully saturated rings. The van der Waals surface area contributed by atoms with Gasteiger partial charge < -0.3 is 0 Å². The summed E-state index contributed by atoms with van der Waals surface area (Å²) >= 11 is -5.17. The molecule has 0 saturated heterocycles. The molecule has 0 amide bonds. The zero-order valence-electron chi connectivity index (χ0n) is 20.4. The molecule has 0 aliphatic heterocycles. The maximum atomic E-state index is 11.8. The molecule has 0 atom stereocenters. The summed E-state index contributed by atoms with van der Waals surface area (Å²) in [4.78, 5) is 0. The van der Waals surface area contributed by atoms with Crippen molar-refractivity contribution in [3.05, 3.63) is 0 Å². The minimum atomic E-state index is -5.17. The Hall–Kier alpha value is 0.469. The summed E-state index contributed by atoms with van der Waals surface area (Å²) in [5, 5.41) is 0. The summed E-state index contributed by atoms with van der Waals surface area (Å²) in [7, 11) is -2.09. The Morgan fingerprint density at radius 2 is 0.800 bits per heavy atom. The van der Waals surface area contributed by atoms with Gasteiger partial charge in [-0.25, -0.2) is 0 Å². The van der Waals surface area contributed by atoms with Crippen molar-refractivity contribution in [2.24, 2.45) is 0 Å². The van der Waals surface area contributed by atoms with E-state index in [1.165, 1.54) is 77.0 Å². The third-order valence-corrected chi connectivity index (χ3v) is 13.1. The van der Waals surface area contributed by atoms with Crippen LogP contribution in [0, 0.1) is 0 Å². The first-order valence-electron chi connectivity index (χ1n) is 12.9. The van der Waals surface area contributed by atoms with E-state index in [2.05, 4.69) is 20.8 Å². The first-order chi connectivity index (χ1) is 14.4. The Kier molecular flexibility index (Phi) is 20.4. The van der Waals surface area contributed by atoms with Crippen LogP contribution in [-0.2, 0) is 11.3 Å². The summed E-state index contributed by atoms with van der Waals surface area (Å²) < 4.78 is 38.8. The molecule has 0 aromatic rings. The van der Waals surface area contributed by atoms with Crippen molar-refractivity contribution in [2.75, 3.05) is 18.5 Å². The SMILES string of the molecule is CCCCCCCC[P+](CCCCCCCC)(CCCCCCCC)O[Se](=O)(=O)O. The molecule has 0 aromatic carbocycles. The summed E-state index contributed by atoms with van der Waals surface area (Å²) in [5.74, 6) is 0. The first-order valence-corrected chi connectivity index (χ1v) is 18.1. The van der Waals surface area contributed by atoms with Crippen molar-refractivity contribution < 1.29 is 15.5 Å². The molecule has 0 aliphatic carbocycles. The van der Waals surface area contributed by atoms with E-state index >= 15 is 0 Å². The van der Waals surface area contributed by atoms with E-state index in [0.29, 0.717) is 0 Å². The normalized spacial score (nSPS) is 12.5. The van der Waals surface area contributed by atoms with E-state index in [0.717, 1.165) is 57.0 Å². The molecule has 0 aliphatic rings. The molecule has 182 valence electrons. The van der Waals surface area contributed by atoms with Crippen molar-refractivity contribution in [1.29, 1.82) is 0 Å². The van der Waals surface area contributed by atoms with E-state index in [-0.39, 0.29) is 0 Å². The zero-order valence-corrected chi connectivity index (χ0v) is 23.0. The van der Waals surface area contributed by atoms with Gasteiger partial charge in [-0.2, -0.15) is 0 Å². The van der Waals surface area contributed by atoms with Crippen LogP contribution in [0.1, 0.15) is 136 Å². The van der Waals surface area contributed by atoms with Gasteiger partial charge in [-0.3, -0.25) is 0 Å². The average Bonchev–Trinajstić information content (AvgIpc) is 2.69. The third-order valence-electron chi connectivity index (χ3n) is 6.01. The van der Waals surface area contributed by atoms with E-state index in [9.17, 15) is 11.9 Å². The van der Waals surface area contributed by atoms with Crippen molar-refractivity contribution in [2.45, 2.75) is 136 Å². The molecule has 0 spiro atoms. The Morgan fingerprint density at radius 1 is 0.533 bits per heavy atom. The summed E-state index contributed by atoms with van der Waals surface area (Å²) in [6, 6.07) is 0. The van der Waals surface area contributed by atoms with Crippen LogP contribution in [0.4, 0.5) is 0 Å². The van der Waals surface area contributed by atoms with Crippen molar-refractivity contribution >= 4 is 20.9 Å². The molecule has 0 heterocycles. The van der Waals surface area contributed by atoms with Crippen LogP contribution in [0.5, 0.6) is 0 Å². The van der Waals surface area contributed by atoms with Crippen LogP contribution >= 0.6 is 7.49 Å². The molecule has 0 rings (SSSR count). The standard InChI is InChI=1S/C24H51O4PSe/c1-4-7-10-13-16-19-22-29(28-30(25,26)27,23-20-17-14-11-8-5-2)24-21-18-15-12-9-6-3/h4-24H2,1-3H3/p+1. The van der Waals surface area contributed by atoms with E-state index < -0.39 is 20.9 Å². The van der Waals surface area contributed by atoms with Gasteiger partial charge in [-0.15, -0.1) is 0 Å². The Morgan fingerprint density at radius 3 is 1.07 bits per heavy atom. The molecule has 6 heteroatoms. The number of hydrogen-bond donors (Lipinski definition) is 1. The van der Waals surface area contributed by atoms with Gasteiger partial charge in [-0.05, 0) is 0 Å². The van der Waals surface area contributed by atoms with Gasteiger partial charge in [0.2, 0.25) is 0 Å². The van der Waals surface area contributed by atoms with Gasteiger partial charge in [0.05, 0.1) is 0 Å². The molecular weight excluding hydrogens is 462 g/mol. The summed E-state index contributed by atoms with van der Waals surface area (Å²) in [5.41, 5.74) is 0. The molecule has 30 heavy (non-hydrogen) atoms. The molecule has 4 nitrogen and oxygen atoms in total. The van der Waals surface area contributed by atoms with E-state index in [4.69, 9.17) is 3.61 Å². The van der Waals surface area contributed by atoms with E-state index in [1.54, 1.807) is 0 Å².